The van der Waals surface area contributed by atoms with E-state index < -0.39 is 0 Å². The Morgan fingerprint density at radius 2 is 2.03 bits per heavy atom. The highest BCUT2D eigenvalue weighted by Gasteiger charge is 2.50. The Morgan fingerprint density at radius 3 is 2.84 bits per heavy atom. The number of benzene rings is 1. The molecule has 3 heterocycles. The maximum absolute atomic E-state index is 13.2. The highest BCUT2D eigenvalue weighted by molar-refractivity contribution is 7.13. The number of morpholine rings is 1. The molecule has 2 unspecified atom stereocenters. The topological polar surface area (TPSA) is 45.7 Å². The summed E-state index contributed by atoms with van der Waals surface area (Å²) in [5.41, 5.74) is 3.95. The van der Waals surface area contributed by atoms with Crippen LogP contribution in [0.5, 0.6) is 0 Å². The van der Waals surface area contributed by atoms with Crippen LogP contribution in [0.25, 0.3) is 10.6 Å². The molecule has 3 aliphatic rings. The lowest BCUT2D eigenvalue weighted by atomic mass is 9.65. The number of hydrogen-bond donors (Lipinski definition) is 0. The molecule has 2 bridgehead atoms. The van der Waals surface area contributed by atoms with Crippen LogP contribution in [0.4, 0.5) is 0 Å². The van der Waals surface area contributed by atoms with Gasteiger partial charge in [0.2, 0.25) is 5.91 Å². The standard InChI is InChI=1S/C26H35N3O2S/c1-25(2)13-22-14-26(3,17-25)18-29(22)23(30)12-21-16-32-24(27-21)20-6-4-5-19(11-20)15-28-7-9-31-10-8-28/h4-6,11,16,22H,7-10,12-15,17-18H2,1-3H3. The summed E-state index contributed by atoms with van der Waals surface area (Å²) in [6, 6.07) is 9.06. The highest BCUT2D eigenvalue weighted by Crippen LogP contribution is 2.52. The molecule has 1 aromatic carbocycles. The first kappa shape index (κ1) is 22.1. The van der Waals surface area contributed by atoms with Crippen LogP contribution in [0, 0.1) is 10.8 Å². The summed E-state index contributed by atoms with van der Waals surface area (Å²) in [6.07, 6.45) is 3.89. The average molecular weight is 454 g/mol. The molecule has 172 valence electrons. The Bertz CT molecular complexity index is 981. The Morgan fingerprint density at radius 1 is 1.22 bits per heavy atom. The zero-order chi connectivity index (χ0) is 22.3. The van der Waals surface area contributed by atoms with Crippen LogP contribution in [0.2, 0.25) is 0 Å². The fourth-order valence-corrected chi connectivity index (χ4v) is 7.17. The maximum atomic E-state index is 13.2. The van der Waals surface area contributed by atoms with Crippen LogP contribution in [-0.2, 0) is 22.5 Å². The number of thiazole rings is 1. The van der Waals surface area contributed by atoms with Gasteiger partial charge in [-0.25, -0.2) is 4.98 Å². The summed E-state index contributed by atoms with van der Waals surface area (Å²) in [4.78, 5) is 22.7. The van der Waals surface area contributed by atoms with Gasteiger partial charge in [-0.15, -0.1) is 11.3 Å². The molecule has 2 aliphatic heterocycles. The number of ether oxygens (including phenoxy) is 1. The van der Waals surface area contributed by atoms with Crippen LogP contribution < -0.4 is 0 Å². The van der Waals surface area contributed by atoms with E-state index in [1.807, 2.05) is 0 Å². The maximum Gasteiger partial charge on any atom is 0.228 e. The molecule has 1 saturated carbocycles. The molecule has 2 aromatic rings. The number of aromatic nitrogens is 1. The van der Waals surface area contributed by atoms with Gasteiger partial charge in [0.1, 0.15) is 5.01 Å². The van der Waals surface area contributed by atoms with Crippen molar-refractivity contribution in [2.45, 2.75) is 59.0 Å². The highest BCUT2D eigenvalue weighted by atomic mass is 32.1. The monoisotopic (exact) mass is 453 g/mol. The molecular weight excluding hydrogens is 418 g/mol. The largest absolute Gasteiger partial charge is 0.379 e. The van der Waals surface area contributed by atoms with Gasteiger partial charge in [-0.3, -0.25) is 9.69 Å². The third-order valence-electron chi connectivity index (χ3n) is 7.30. The van der Waals surface area contributed by atoms with Gasteiger partial charge in [-0.05, 0) is 41.7 Å². The lowest BCUT2D eigenvalue weighted by molar-refractivity contribution is -0.131. The molecule has 5 rings (SSSR count). The second-order valence-electron chi connectivity index (χ2n) is 11.1. The van der Waals surface area contributed by atoms with Gasteiger partial charge in [0.15, 0.2) is 0 Å². The van der Waals surface area contributed by atoms with E-state index in [9.17, 15) is 4.79 Å². The molecule has 0 radical (unpaired) electrons. The molecule has 1 amide bonds. The number of carbonyl (C=O) groups excluding carboxylic acids is 1. The number of rotatable bonds is 5. The molecule has 32 heavy (non-hydrogen) atoms. The summed E-state index contributed by atoms with van der Waals surface area (Å²) in [6.45, 7) is 12.5. The molecule has 2 saturated heterocycles. The van der Waals surface area contributed by atoms with E-state index in [4.69, 9.17) is 9.72 Å². The van der Waals surface area contributed by atoms with Crippen molar-refractivity contribution in [3.05, 3.63) is 40.9 Å². The quantitative estimate of drug-likeness (QED) is 0.663. The molecule has 2 atom stereocenters. The van der Waals surface area contributed by atoms with Gasteiger partial charge in [0.05, 0.1) is 25.3 Å². The van der Waals surface area contributed by atoms with Crippen molar-refractivity contribution >= 4 is 17.2 Å². The van der Waals surface area contributed by atoms with E-state index in [1.54, 1.807) is 11.3 Å². The van der Waals surface area contributed by atoms with Crippen LogP contribution in [0.1, 0.15) is 51.3 Å². The van der Waals surface area contributed by atoms with Gasteiger partial charge >= 0.3 is 0 Å². The molecule has 0 N–H and O–H groups in total. The number of likely N-dealkylation sites (tertiary alicyclic amines) is 1. The third kappa shape index (κ3) is 4.78. The van der Waals surface area contributed by atoms with Crippen molar-refractivity contribution in [3.8, 4) is 10.6 Å². The van der Waals surface area contributed by atoms with E-state index in [0.29, 0.717) is 17.9 Å². The zero-order valence-electron chi connectivity index (χ0n) is 19.6. The number of hydrogen-bond acceptors (Lipinski definition) is 5. The molecule has 5 nitrogen and oxygen atoms in total. The van der Waals surface area contributed by atoms with Crippen LogP contribution in [0.3, 0.4) is 0 Å². The molecule has 0 spiro atoms. The van der Waals surface area contributed by atoms with E-state index in [1.165, 1.54) is 12.0 Å². The lowest BCUT2D eigenvalue weighted by Gasteiger charge is -2.39. The Balaban J connectivity index is 1.24. The van der Waals surface area contributed by atoms with Gasteiger partial charge in [-0.2, -0.15) is 0 Å². The SMILES string of the molecule is CC1(C)CC2CC(C)(CN2C(=O)Cc2csc(-c3cccc(CN4CCOCC4)c3)n2)C1. The third-order valence-corrected chi connectivity index (χ3v) is 8.24. The molecule has 1 aromatic heterocycles. The second kappa shape index (κ2) is 8.54. The minimum absolute atomic E-state index is 0.245. The smallest absolute Gasteiger partial charge is 0.228 e. The van der Waals surface area contributed by atoms with Crippen molar-refractivity contribution in [2.24, 2.45) is 10.8 Å². The summed E-state index contributed by atoms with van der Waals surface area (Å²) >= 11 is 1.64. The average Bonchev–Trinajstić information content (AvgIpc) is 3.30. The minimum Gasteiger partial charge on any atom is -0.379 e. The number of amides is 1. The van der Waals surface area contributed by atoms with Gasteiger partial charge in [0.25, 0.3) is 0 Å². The Labute approximate surface area is 195 Å². The molecule has 3 fully saturated rings. The van der Waals surface area contributed by atoms with Crippen molar-refractivity contribution in [1.29, 1.82) is 0 Å². The lowest BCUT2D eigenvalue weighted by Crippen LogP contribution is -2.38. The predicted octanol–water partition coefficient (Wildman–Crippen LogP) is 4.61. The molecule has 6 heteroatoms. The number of nitrogens with zero attached hydrogens (tertiary/aromatic N) is 3. The first-order chi connectivity index (χ1) is 15.3. The first-order valence-electron chi connectivity index (χ1n) is 11.9. The predicted molar refractivity (Wildman–Crippen MR) is 129 cm³/mol. The van der Waals surface area contributed by atoms with Gasteiger partial charge in [0, 0.05) is 43.2 Å². The van der Waals surface area contributed by atoms with Crippen molar-refractivity contribution in [1.82, 2.24) is 14.8 Å². The second-order valence-corrected chi connectivity index (χ2v) is 12.0. The van der Waals surface area contributed by atoms with Gasteiger partial charge in [-0.1, -0.05) is 39.0 Å². The fraction of sp³-hybridized carbons (Fsp3) is 0.615. The van der Waals surface area contributed by atoms with Crippen LogP contribution in [-0.4, -0.2) is 59.6 Å². The molecular formula is C26H35N3O2S. The normalized spacial score (nSPS) is 27.6. The van der Waals surface area contributed by atoms with Gasteiger partial charge < -0.3 is 9.64 Å². The Kier molecular flexibility index (Phi) is 5.89. The van der Waals surface area contributed by atoms with E-state index in [0.717, 1.165) is 68.5 Å². The first-order valence-corrected chi connectivity index (χ1v) is 12.8. The van der Waals surface area contributed by atoms with Crippen molar-refractivity contribution in [3.63, 3.8) is 0 Å². The number of carbonyl (C=O) groups is 1. The Hall–Kier alpha value is -1.76. The summed E-state index contributed by atoms with van der Waals surface area (Å²) in [5.74, 6) is 0.245. The summed E-state index contributed by atoms with van der Waals surface area (Å²) in [7, 11) is 0. The zero-order valence-corrected chi connectivity index (χ0v) is 20.4. The molecule has 1 aliphatic carbocycles. The number of fused-ring (bicyclic) bond motifs is 2. The van der Waals surface area contributed by atoms with Crippen LogP contribution in [0.15, 0.2) is 29.6 Å². The van der Waals surface area contributed by atoms with E-state index in [2.05, 4.69) is 60.2 Å². The van der Waals surface area contributed by atoms with Crippen LogP contribution >= 0.6 is 11.3 Å². The van der Waals surface area contributed by atoms with E-state index in [-0.39, 0.29) is 11.3 Å². The van der Waals surface area contributed by atoms with Crippen molar-refractivity contribution < 1.29 is 9.53 Å². The van der Waals surface area contributed by atoms with Crippen molar-refractivity contribution in [2.75, 3.05) is 32.8 Å². The fourth-order valence-electron chi connectivity index (χ4n) is 6.35. The minimum atomic E-state index is 0.245. The summed E-state index contributed by atoms with van der Waals surface area (Å²) in [5, 5.41) is 3.07. The summed E-state index contributed by atoms with van der Waals surface area (Å²) < 4.78 is 5.46. The van der Waals surface area contributed by atoms with E-state index >= 15 is 0 Å².